The third kappa shape index (κ3) is 26.8. The minimum atomic E-state index is -1.75. The number of nitrogens with one attached hydrogen (secondary N) is 3. The monoisotopic (exact) mass is 1580 g/mol. The number of ether oxygens (including phenoxy) is 12. The van der Waals surface area contributed by atoms with Crippen LogP contribution in [0.1, 0.15) is 19.3 Å². The number of rotatable bonds is 44. The summed E-state index contributed by atoms with van der Waals surface area (Å²) in [6.45, 7) is -2.85. The molecule has 30 atom stereocenters. The van der Waals surface area contributed by atoms with Crippen molar-refractivity contribution >= 4 is 88.3 Å². The van der Waals surface area contributed by atoms with Crippen molar-refractivity contribution in [1.29, 1.82) is 0 Å². The van der Waals surface area contributed by atoms with Gasteiger partial charge in [0, 0.05) is 63.8 Å². The van der Waals surface area contributed by atoms with Crippen molar-refractivity contribution in [2.75, 3.05) is 138 Å². The zero-order chi connectivity index (χ0) is 73.9. The molecule has 6 fully saturated rings. The van der Waals surface area contributed by atoms with Gasteiger partial charge in [-0.3, -0.25) is 14.4 Å². The molecule has 0 aromatic heterocycles. The number of methoxy groups -OCH3 is 1. The highest BCUT2D eigenvalue weighted by Gasteiger charge is 2.52. The summed E-state index contributed by atoms with van der Waals surface area (Å²) in [7, 11) is 1.29. The maximum atomic E-state index is 12.6. The molecule has 22 N–H and O–H groups in total. The summed E-state index contributed by atoms with van der Waals surface area (Å²) in [5.41, 5.74) is -3.20. The first-order valence-corrected chi connectivity index (χ1v) is 39.6. The van der Waals surface area contributed by atoms with Gasteiger partial charge in [-0.2, -0.15) is 35.3 Å². The molecule has 0 radical (unpaired) electrons. The first kappa shape index (κ1) is 89.2. The smallest absolute Gasteiger partial charge is 0.230 e. The van der Waals surface area contributed by atoms with Crippen molar-refractivity contribution in [2.24, 2.45) is 0 Å². The average Bonchev–Trinajstić information content (AvgIpc) is 0.802. The summed E-state index contributed by atoms with van der Waals surface area (Å²) in [5, 5.41) is 206. The Kier molecular flexibility index (Phi) is 41.2. The number of hydrogen-bond acceptors (Lipinski definition) is 40. The fourth-order valence-electron chi connectivity index (χ4n) is 11.0. The van der Waals surface area contributed by atoms with Crippen LogP contribution in [-0.4, -0.2) is 434 Å². The second kappa shape index (κ2) is 46.7. The number of aliphatic hydroxyl groups is 19. The molecule has 6 saturated heterocycles. The molecule has 0 aromatic rings. The van der Waals surface area contributed by atoms with Crippen LogP contribution >= 0.6 is 70.6 Å². The van der Waals surface area contributed by atoms with Gasteiger partial charge in [0.05, 0.1) is 56.9 Å². The number of hydrogen-bond donors (Lipinski definition) is 22. The van der Waals surface area contributed by atoms with Crippen LogP contribution in [-0.2, 0) is 71.2 Å². The van der Waals surface area contributed by atoms with E-state index in [1.165, 1.54) is 42.4 Å². The van der Waals surface area contributed by atoms with Crippen LogP contribution in [0.25, 0.3) is 0 Å². The molecule has 6 heterocycles. The maximum absolute atomic E-state index is 12.6. The van der Waals surface area contributed by atoms with E-state index in [2.05, 4.69) is 16.0 Å². The molecule has 6 rings (SSSR count). The Balaban J connectivity index is 0.968. The second-order valence-corrected chi connectivity index (χ2v) is 31.1. The van der Waals surface area contributed by atoms with E-state index in [0.29, 0.717) is 53.8 Å². The van der Waals surface area contributed by atoms with Crippen LogP contribution in [0.5, 0.6) is 0 Å². The number of carbonyl (C=O) groups excluding carboxylic acids is 3. The highest BCUT2D eigenvalue weighted by Crippen LogP contribution is 2.34. The number of thioether (sulfide) groups is 6. The Bertz CT molecular complexity index is 2340. The minimum Gasteiger partial charge on any atom is -0.394 e. The van der Waals surface area contributed by atoms with Crippen molar-refractivity contribution in [3.05, 3.63) is 0 Å². The van der Waals surface area contributed by atoms with Crippen LogP contribution in [0.15, 0.2) is 0 Å². The Morgan fingerprint density at radius 2 is 0.594 bits per heavy atom. The highest BCUT2D eigenvalue weighted by molar-refractivity contribution is 8.01. The molecule has 6 aliphatic heterocycles. The summed E-state index contributed by atoms with van der Waals surface area (Å²) in [6.07, 6.45) is -38.3. The van der Waals surface area contributed by atoms with E-state index in [9.17, 15) is 111 Å². The molecule has 0 bridgehead atoms. The second-order valence-electron chi connectivity index (χ2n) is 24.1. The Hall–Kier alpha value is -0.730. The van der Waals surface area contributed by atoms with E-state index in [0.717, 1.165) is 35.3 Å². The largest absolute Gasteiger partial charge is 0.394 e. The van der Waals surface area contributed by atoms with Gasteiger partial charge in [0.2, 0.25) is 17.7 Å². The summed E-state index contributed by atoms with van der Waals surface area (Å²) in [4.78, 5) is 37.5. The molecular formula is C58H103N3O34S6. The maximum Gasteiger partial charge on any atom is 0.230 e. The Labute approximate surface area is 608 Å². The van der Waals surface area contributed by atoms with Gasteiger partial charge in [0.15, 0.2) is 18.9 Å². The molecular weight excluding hydrogens is 1480 g/mol. The fourth-order valence-corrected chi connectivity index (χ4v) is 16.3. The quantitative estimate of drug-likeness (QED) is 0.0252. The van der Waals surface area contributed by atoms with Gasteiger partial charge in [-0.1, -0.05) is 0 Å². The lowest BCUT2D eigenvalue weighted by Gasteiger charge is -2.45. The molecule has 6 unspecified atom stereocenters. The van der Waals surface area contributed by atoms with Gasteiger partial charge in [-0.25, -0.2) is 0 Å². The first-order chi connectivity index (χ1) is 48.4. The topological polar surface area (TPSA) is 582 Å². The van der Waals surface area contributed by atoms with Crippen LogP contribution in [0.2, 0.25) is 0 Å². The lowest BCUT2D eigenvalue weighted by atomic mass is 9.97. The van der Waals surface area contributed by atoms with Crippen LogP contribution < -0.4 is 16.0 Å². The van der Waals surface area contributed by atoms with Gasteiger partial charge in [0.1, 0.15) is 163 Å². The van der Waals surface area contributed by atoms with Gasteiger partial charge in [-0.05, 0) is 36.5 Å². The molecule has 0 saturated carbocycles. The van der Waals surface area contributed by atoms with Crippen LogP contribution in [0.4, 0.5) is 0 Å². The molecule has 0 spiro atoms. The predicted octanol–water partition coefficient (Wildman–Crippen LogP) is -10.5. The van der Waals surface area contributed by atoms with Crippen molar-refractivity contribution in [1.82, 2.24) is 16.0 Å². The van der Waals surface area contributed by atoms with Crippen molar-refractivity contribution in [3.8, 4) is 0 Å². The number of amides is 3. The summed E-state index contributed by atoms with van der Waals surface area (Å²) >= 11 is 7.06. The van der Waals surface area contributed by atoms with Crippen molar-refractivity contribution in [3.63, 3.8) is 0 Å². The zero-order valence-corrected chi connectivity index (χ0v) is 60.3. The summed E-state index contributed by atoms with van der Waals surface area (Å²) in [5.74, 6) is 1.33. The molecule has 43 heteroatoms. The summed E-state index contributed by atoms with van der Waals surface area (Å²) in [6, 6.07) is 0. The molecule has 37 nitrogen and oxygen atoms in total. The lowest BCUT2D eigenvalue weighted by molar-refractivity contribution is -0.348. The zero-order valence-electron chi connectivity index (χ0n) is 55.4. The molecule has 590 valence electrons. The molecule has 0 aromatic carbocycles. The third-order valence-corrected chi connectivity index (χ3v) is 23.5. The SMILES string of the molecule is CO[C@H]1O[C@H](CO[C@H]2O[C@H](CO[C@H]3O[C@H](CO)[C@@H](O)[C@H](O)[C@H]3OCCCSCCNC(=O)CS[C@H]3OC(CO)[C@@H](O)[C@H](O)C3O)[C@@H](O)[C@H](O)[C@H]2OCCCSCCNC(=O)CS[C@H]2OC(CO)[C@@H](O)[C@H](O)C2O)[C@@H](O)[C@H](O)[C@H]1OCCCSCCNC(=O)CS[C@H]1OC(CO)[C@@H](O)[C@H](O)C1O. The standard InChI is InChI=1S/C58H103N3O34S6/c1-84-53-50(85-8-2-11-96-14-5-59-32(66)23-99-56-47(81)41(75)35(69)27(18-63)93-56)45(79)39(73)30(91-53)21-89-55-52(87-10-4-13-98-16-7-61-34(68)25-101-58-49(83)43(77)37(71)29(20-65)95-58)46(80)40(74)31(92-55)22-88-54-51(44(78)38(72)26(17-62)90-54)86-9-3-12-97-15-6-60-33(67)24-100-57-48(82)42(76)36(70)28(19-64)94-57/h26-31,35-58,62-65,69-83H,2-25H2,1H3,(H,59,66)(H,60,67)(H,61,68)/t26-,27?,28?,29?,30-,31-,35-,36-,37-,38-,39-,40-,41+,42+,43+,44+,45+,46+,47?,48?,49?,50-,51-,52-,53+,54+,55+,56-,57-,58-/m1/s1. The first-order valence-electron chi connectivity index (χ1n) is 33.0. The van der Waals surface area contributed by atoms with Gasteiger partial charge < -0.3 is 170 Å². The predicted molar refractivity (Wildman–Crippen MR) is 361 cm³/mol. The van der Waals surface area contributed by atoms with Crippen LogP contribution in [0.3, 0.4) is 0 Å². The van der Waals surface area contributed by atoms with E-state index in [1.54, 1.807) is 0 Å². The molecule has 6 aliphatic rings. The van der Waals surface area contributed by atoms with E-state index in [-0.39, 0.29) is 62.6 Å². The van der Waals surface area contributed by atoms with Crippen LogP contribution in [0, 0.1) is 0 Å². The Morgan fingerprint density at radius 3 is 0.901 bits per heavy atom. The number of carbonyl (C=O) groups is 3. The Morgan fingerprint density at radius 1 is 0.327 bits per heavy atom. The molecule has 0 aliphatic carbocycles. The fraction of sp³-hybridized carbons (Fsp3) is 0.948. The number of aliphatic hydroxyl groups excluding tert-OH is 19. The molecule has 101 heavy (non-hydrogen) atoms. The van der Waals surface area contributed by atoms with Gasteiger partial charge >= 0.3 is 0 Å². The van der Waals surface area contributed by atoms with E-state index < -0.39 is 233 Å². The third-order valence-electron chi connectivity index (χ3n) is 16.8. The molecule has 3 amide bonds. The summed E-state index contributed by atoms with van der Waals surface area (Å²) < 4.78 is 70.1. The highest BCUT2D eigenvalue weighted by atomic mass is 32.2. The van der Waals surface area contributed by atoms with E-state index in [1.807, 2.05) is 0 Å². The van der Waals surface area contributed by atoms with E-state index in [4.69, 9.17) is 56.8 Å². The normalized spacial score (nSPS) is 39.2. The van der Waals surface area contributed by atoms with Crippen molar-refractivity contribution in [2.45, 2.75) is 201 Å². The average molecular weight is 1580 g/mol. The lowest BCUT2D eigenvalue weighted by Crippen LogP contribution is -2.63. The van der Waals surface area contributed by atoms with Gasteiger partial charge in [-0.15, -0.1) is 35.3 Å². The minimum absolute atomic E-state index is 0.00696. The van der Waals surface area contributed by atoms with Crippen molar-refractivity contribution < 1.29 is 168 Å². The van der Waals surface area contributed by atoms with E-state index >= 15 is 0 Å². The van der Waals surface area contributed by atoms with Gasteiger partial charge in [0.25, 0.3) is 0 Å².